The van der Waals surface area contributed by atoms with Crippen molar-refractivity contribution in [2.75, 3.05) is 14.7 Å². The Morgan fingerprint density at radius 1 is 0.103 bits per heavy atom. The van der Waals surface area contributed by atoms with Crippen LogP contribution in [0.5, 0.6) is 0 Å². The Kier molecular flexibility index (Phi) is 20.3. The number of hydrogen-bond acceptors (Lipinski definition) is 3. The number of anilines is 9. The highest BCUT2D eigenvalue weighted by Crippen LogP contribution is 2.42. The van der Waals surface area contributed by atoms with E-state index in [4.69, 9.17) is 0 Å². The molecule has 0 fully saturated rings. The molecule has 0 bridgehead atoms. The van der Waals surface area contributed by atoms with Gasteiger partial charge in [-0.25, -0.2) is 0 Å². The lowest BCUT2D eigenvalue weighted by Gasteiger charge is -2.25. The first-order valence-electron chi connectivity index (χ1n) is 40.1. The van der Waals surface area contributed by atoms with E-state index in [1.165, 1.54) is 131 Å². The Labute approximate surface area is 684 Å². The molecule has 0 aliphatic rings. The van der Waals surface area contributed by atoms with Crippen molar-refractivity contribution in [2.45, 2.75) is 0 Å². The second kappa shape index (κ2) is 33.1. The van der Waals surface area contributed by atoms with Crippen LogP contribution < -0.4 is 14.7 Å². The van der Waals surface area contributed by atoms with Gasteiger partial charge in [0, 0.05) is 51.2 Å². The highest BCUT2D eigenvalue weighted by Gasteiger charge is 2.18. The minimum absolute atomic E-state index is 1.13. The van der Waals surface area contributed by atoms with E-state index < -0.39 is 0 Å². The summed E-state index contributed by atoms with van der Waals surface area (Å²) in [4.78, 5) is 6.87. The van der Waals surface area contributed by atoms with E-state index in [0.29, 0.717) is 0 Å². The van der Waals surface area contributed by atoms with Crippen LogP contribution in [0.2, 0.25) is 0 Å². The van der Waals surface area contributed by atoms with E-state index in [0.717, 1.165) is 51.2 Å². The van der Waals surface area contributed by atoms with Crippen LogP contribution in [-0.2, 0) is 0 Å². The number of fused-ring (bicyclic) bond motifs is 6. The molecule has 0 unspecified atom stereocenters. The summed E-state index contributed by atoms with van der Waals surface area (Å²) in [5, 5.41) is 15.1. The molecular formula is C114H81N3. The first-order chi connectivity index (χ1) is 58.0. The van der Waals surface area contributed by atoms with Gasteiger partial charge in [-0.05, 0) is 289 Å². The average Bonchev–Trinajstić information content (AvgIpc) is 0.793. The normalized spacial score (nSPS) is 11.1. The summed E-state index contributed by atoms with van der Waals surface area (Å²) in [5.41, 5.74) is 25.0. The van der Waals surface area contributed by atoms with Crippen LogP contribution >= 0.6 is 0 Å². The summed E-state index contributed by atoms with van der Waals surface area (Å²) in [7, 11) is 0. The summed E-state index contributed by atoms with van der Waals surface area (Å²) < 4.78 is 0. The number of benzene rings is 21. The quantitative estimate of drug-likeness (QED) is 0.101. The molecule has 0 aliphatic carbocycles. The zero-order valence-corrected chi connectivity index (χ0v) is 64.6. The van der Waals surface area contributed by atoms with Crippen LogP contribution in [0.25, 0.3) is 131 Å². The van der Waals surface area contributed by atoms with Gasteiger partial charge >= 0.3 is 0 Å². The van der Waals surface area contributed by atoms with Gasteiger partial charge in [0.15, 0.2) is 0 Å². The minimum atomic E-state index is 1.13. The third kappa shape index (κ3) is 15.7. The van der Waals surface area contributed by atoms with E-state index in [-0.39, 0.29) is 0 Å². The molecular weight excluding hydrogens is 1410 g/mol. The van der Waals surface area contributed by atoms with Crippen LogP contribution in [0.3, 0.4) is 0 Å². The van der Waals surface area contributed by atoms with Crippen molar-refractivity contribution in [3.05, 3.63) is 491 Å². The molecule has 21 rings (SSSR count). The van der Waals surface area contributed by atoms with Gasteiger partial charge in [-0.3, -0.25) is 0 Å². The number of rotatable bonds is 15. The average molecular weight is 1490 g/mol. The van der Waals surface area contributed by atoms with Crippen LogP contribution in [0.4, 0.5) is 51.2 Å². The van der Waals surface area contributed by atoms with E-state index in [2.05, 4.69) is 506 Å². The molecule has 0 aromatic heterocycles. The summed E-state index contributed by atoms with van der Waals surface area (Å²) in [6.45, 7) is 0. The predicted molar refractivity (Wildman–Crippen MR) is 501 cm³/mol. The SMILES string of the molecule is c1ccc(N(c2ccccc2)c2ccc(-c3ccc4cc(-c5ccc6ccccc6c5)ccc4c3)cc2)cc1.c1ccc(N(c2ccccc2)c2ccc(-c3ccc4cc(-c5cccc6ccccc56)ccc4c3)cc2)cc1.c1ccc(N(c2ccccc2)c2ccc(-c3ccc4ccc(-c5ccc6ccccc6c5)cc4c3)cc2)cc1. The van der Waals surface area contributed by atoms with Crippen molar-refractivity contribution in [3.63, 3.8) is 0 Å². The first-order valence-corrected chi connectivity index (χ1v) is 40.1. The third-order valence-corrected chi connectivity index (χ3v) is 22.2. The van der Waals surface area contributed by atoms with E-state index in [1.54, 1.807) is 0 Å². The molecule has 0 saturated carbocycles. The summed E-state index contributed by atoms with van der Waals surface area (Å²) in [6.07, 6.45) is 0. The van der Waals surface area contributed by atoms with Crippen molar-refractivity contribution in [3.8, 4) is 66.8 Å². The third-order valence-electron chi connectivity index (χ3n) is 22.2. The van der Waals surface area contributed by atoms with Gasteiger partial charge < -0.3 is 14.7 Å². The van der Waals surface area contributed by atoms with Gasteiger partial charge in [0.05, 0.1) is 0 Å². The second-order valence-corrected chi connectivity index (χ2v) is 29.6. The molecule has 21 aromatic rings. The lowest BCUT2D eigenvalue weighted by molar-refractivity contribution is 1.28. The van der Waals surface area contributed by atoms with Crippen LogP contribution in [0.15, 0.2) is 491 Å². The number of nitrogens with zero attached hydrogens (tertiary/aromatic N) is 3. The van der Waals surface area contributed by atoms with Gasteiger partial charge in [0.1, 0.15) is 0 Å². The van der Waals surface area contributed by atoms with Crippen molar-refractivity contribution in [2.24, 2.45) is 0 Å². The smallest absolute Gasteiger partial charge is 0.0462 e. The molecule has 0 radical (unpaired) electrons. The molecule has 0 amide bonds. The van der Waals surface area contributed by atoms with Crippen molar-refractivity contribution < 1.29 is 0 Å². The Balaban J connectivity index is 0.000000117. The Bertz CT molecular complexity index is 6890. The fourth-order valence-electron chi connectivity index (χ4n) is 16.2. The maximum Gasteiger partial charge on any atom is 0.0462 e. The minimum Gasteiger partial charge on any atom is -0.311 e. The molecule has 0 saturated heterocycles. The van der Waals surface area contributed by atoms with Crippen LogP contribution in [0, 0.1) is 0 Å². The lowest BCUT2D eigenvalue weighted by atomic mass is 9.95. The molecule has 0 aliphatic heterocycles. The fourth-order valence-corrected chi connectivity index (χ4v) is 16.2. The second-order valence-electron chi connectivity index (χ2n) is 29.6. The molecule has 552 valence electrons. The number of hydrogen-bond donors (Lipinski definition) is 0. The largest absolute Gasteiger partial charge is 0.311 e. The van der Waals surface area contributed by atoms with Crippen molar-refractivity contribution in [1.29, 1.82) is 0 Å². The van der Waals surface area contributed by atoms with E-state index in [1.807, 2.05) is 0 Å². The Hall–Kier alpha value is -15.4. The predicted octanol–water partition coefficient (Wildman–Crippen LogP) is 32.4. The fraction of sp³-hybridized carbons (Fsp3) is 0. The summed E-state index contributed by atoms with van der Waals surface area (Å²) >= 11 is 0. The maximum absolute atomic E-state index is 2.31. The molecule has 0 spiro atoms. The molecule has 0 atom stereocenters. The zero-order chi connectivity index (χ0) is 78.1. The van der Waals surface area contributed by atoms with Gasteiger partial charge in [-0.1, -0.05) is 334 Å². The Morgan fingerprint density at radius 2 is 0.291 bits per heavy atom. The standard InChI is InChI=1S/3C38H27N/c1-3-12-34(13-4-1)39(35-14-5-2-6-15-35)36-24-22-28(23-25-36)30-18-19-32-27-33(21-20-31(32)26-30)38-17-9-11-29-10-7-8-16-37(29)38;1-3-11-36(12-4-1)39(37-13-5-2-6-14-37)38-23-21-29(22-24-38)32-18-16-30-17-20-34(27-35(30)26-32)33-19-15-28-9-7-8-10-31(28)25-33;1-3-11-36(12-4-1)39(37-13-5-2-6-14-37)38-23-21-29(22-24-38)31-17-18-34-27-35(20-19-33(34)26-31)32-16-15-28-9-7-8-10-30(28)25-32/h3*1-27H. The monoisotopic (exact) mass is 1490 g/mol. The zero-order valence-electron chi connectivity index (χ0n) is 64.6. The molecule has 21 aromatic carbocycles. The molecule has 117 heavy (non-hydrogen) atoms. The first kappa shape index (κ1) is 71.9. The van der Waals surface area contributed by atoms with Gasteiger partial charge in [-0.2, -0.15) is 0 Å². The highest BCUT2D eigenvalue weighted by atomic mass is 15.2. The van der Waals surface area contributed by atoms with Crippen molar-refractivity contribution >= 4 is 116 Å². The van der Waals surface area contributed by atoms with E-state index in [9.17, 15) is 0 Å². The molecule has 0 heterocycles. The van der Waals surface area contributed by atoms with Crippen LogP contribution in [-0.4, -0.2) is 0 Å². The Morgan fingerprint density at radius 3 is 0.598 bits per heavy atom. The topological polar surface area (TPSA) is 9.72 Å². The molecule has 3 nitrogen and oxygen atoms in total. The van der Waals surface area contributed by atoms with Gasteiger partial charge in [0.25, 0.3) is 0 Å². The maximum atomic E-state index is 2.31. The summed E-state index contributed by atoms with van der Waals surface area (Å²) in [5.74, 6) is 0. The lowest BCUT2D eigenvalue weighted by Crippen LogP contribution is -2.09. The van der Waals surface area contributed by atoms with Crippen LogP contribution in [0.1, 0.15) is 0 Å². The molecule has 3 heteroatoms. The van der Waals surface area contributed by atoms with Crippen molar-refractivity contribution in [1.82, 2.24) is 0 Å². The van der Waals surface area contributed by atoms with E-state index >= 15 is 0 Å². The van der Waals surface area contributed by atoms with Gasteiger partial charge in [0.2, 0.25) is 0 Å². The number of para-hydroxylation sites is 6. The summed E-state index contributed by atoms with van der Waals surface area (Å²) in [6, 6.07) is 176. The molecule has 0 N–H and O–H groups in total. The van der Waals surface area contributed by atoms with Gasteiger partial charge in [-0.15, -0.1) is 0 Å². The highest BCUT2D eigenvalue weighted by molar-refractivity contribution is 6.01.